The molecule has 1 amide bonds. The maximum Gasteiger partial charge on any atom is 0.338 e. The van der Waals surface area contributed by atoms with E-state index in [1.807, 2.05) is 18.2 Å². The minimum Gasteiger partial charge on any atom is -0.487 e. The van der Waals surface area contributed by atoms with Crippen molar-refractivity contribution in [2.45, 2.75) is 13.5 Å². The van der Waals surface area contributed by atoms with Crippen LogP contribution in [0.3, 0.4) is 0 Å². The number of amidine groups is 1. The van der Waals surface area contributed by atoms with E-state index in [2.05, 4.69) is 11.1 Å². The Morgan fingerprint density at radius 1 is 1.16 bits per heavy atom. The van der Waals surface area contributed by atoms with Gasteiger partial charge in [0.05, 0.1) is 39.4 Å². The summed E-state index contributed by atoms with van der Waals surface area (Å²) in [6.07, 6.45) is 1.75. The smallest absolute Gasteiger partial charge is 0.338 e. The second-order valence-corrected chi connectivity index (χ2v) is 9.30. The number of likely N-dealkylation sites (N-methyl/N-ethyl adjacent to an activating group) is 1. The summed E-state index contributed by atoms with van der Waals surface area (Å²) in [6.45, 7) is 2.27. The molecule has 0 spiro atoms. The van der Waals surface area contributed by atoms with E-state index in [4.69, 9.17) is 21.1 Å². The van der Waals surface area contributed by atoms with Crippen molar-refractivity contribution in [3.05, 3.63) is 98.9 Å². The summed E-state index contributed by atoms with van der Waals surface area (Å²) in [5.74, 6) is -0.0967. The Morgan fingerprint density at radius 2 is 1.92 bits per heavy atom. The Labute approximate surface area is 224 Å². The van der Waals surface area contributed by atoms with E-state index in [0.29, 0.717) is 44.3 Å². The highest BCUT2D eigenvalue weighted by atomic mass is 35.5. The molecule has 186 valence electrons. The quantitative estimate of drug-likeness (QED) is 0.266. The van der Waals surface area contributed by atoms with Crippen LogP contribution in [0.25, 0.3) is 6.08 Å². The molecule has 37 heavy (non-hydrogen) atoms. The molecule has 4 rings (SSSR count). The molecule has 1 heterocycles. The minimum atomic E-state index is -0.392. The van der Waals surface area contributed by atoms with Gasteiger partial charge in [0, 0.05) is 12.6 Å². The fourth-order valence-corrected chi connectivity index (χ4v) is 4.66. The monoisotopic (exact) mass is 531 g/mol. The number of rotatable bonds is 7. The summed E-state index contributed by atoms with van der Waals surface area (Å²) < 4.78 is 10.8. The molecule has 1 aliphatic rings. The summed E-state index contributed by atoms with van der Waals surface area (Å²) in [6, 6.07) is 21.3. The summed E-state index contributed by atoms with van der Waals surface area (Å²) in [4.78, 5) is 31.2. The third-order valence-electron chi connectivity index (χ3n) is 5.38. The van der Waals surface area contributed by atoms with E-state index in [0.717, 1.165) is 11.1 Å². The topological polar surface area (TPSA) is 92.0 Å². The molecule has 3 aromatic rings. The van der Waals surface area contributed by atoms with E-state index >= 15 is 0 Å². The number of nitriles is 1. The lowest BCUT2D eigenvalue weighted by molar-refractivity contribution is -0.121. The first kappa shape index (κ1) is 26.0. The van der Waals surface area contributed by atoms with Crippen LogP contribution in [0.1, 0.15) is 34.0 Å². The summed E-state index contributed by atoms with van der Waals surface area (Å²) in [5, 5.41) is 10.1. The van der Waals surface area contributed by atoms with Crippen LogP contribution in [0, 0.1) is 11.3 Å². The van der Waals surface area contributed by atoms with Crippen molar-refractivity contribution in [2.24, 2.45) is 4.99 Å². The number of carbonyl (C=O) groups is 2. The van der Waals surface area contributed by atoms with Crippen molar-refractivity contribution < 1.29 is 19.1 Å². The second kappa shape index (κ2) is 11.8. The number of benzene rings is 3. The van der Waals surface area contributed by atoms with Crippen molar-refractivity contribution >= 4 is 52.2 Å². The van der Waals surface area contributed by atoms with Gasteiger partial charge >= 0.3 is 5.97 Å². The van der Waals surface area contributed by atoms with Gasteiger partial charge in [-0.15, -0.1) is 0 Å². The number of thioether (sulfide) groups is 1. The number of amides is 1. The lowest BCUT2D eigenvalue weighted by Gasteiger charge is -2.10. The largest absolute Gasteiger partial charge is 0.487 e. The maximum absolute atomic E-state index is 12.8. The zero-order valence-electron chi connectivity index (χ0n) is 20.1. The van der Waals surface area contributed by atoms with Gasteiger partial charge < -0.3 is 9.47 Å². The van der Waals surface area contributed by atoms with Crippen LogP contribution in [0.15, 0.2) is 76.6 Å². The molecule has 3 aromatic carbocycles. The average molecular weight is 532 g/mol. The highest BCUT2D eigenvalue weighted by Crippen LogP contribution is 2.34. The molecule has 0 unspecified atom stereocenters. The predicted octanol–water partition coefficient (Wildman–Crippen LogP) is 6.20. The van der Waals surface area contributed by atoms with Gasteiger partial charge in [-0.2, -0.15) is 5.26 Å². The summed E-state index contributed by atoms with van der Waals surface area (Å²) in [7, 11) is 1.66. The van der Waals surface area contributed by atoms with Gasteiger partial charge in [0.15, 0.2) is 5.17 Å². The number of halogens is 1. The predicted molar refractivity (Wildman–Crippen MR) is 145 cm³/mol. The van der Waals surface area contributed by atoms with Crippen LogP contribution in [-0.4, -0.2) is 35.6 Å². The third-order valence-corrected chi connectivity index (χ3v) is 6.74. The van der Waals surface area contributed by atoms with Gasteiger partial charge in [-0.1, -0.05) is 35.9 Å². The number of nitrogens with zero attached hydrogens (tertiary/aromatic N) is 3. The van der Waals surface area contributed by atoms with E-state index in [1.165, 1.54) is 16.7 Å². The van der Waals surface area contributed by atoms with Gasteiger partial charge in [0.2, 0.25) is 0 Å². The van der Waals surface area contributed by atoms with Gasteiger partial charge in [-0.3, -0.25) is 9.69 Å². The van der Waals surface area contributed by atoms with Gasteiger partial charge in [0.1, 0.15) is 12.4 Å². The fraction of sp³-hybridized carbons (Fsp3) is 0.143. The molecule has 0 radical (unpaired) electrons. The molecule has 1 aliphatic heterocycles. The highest BCUT2D eigenvalue weighted by molar-refractivity contribution is 8.18. The number of esters is 1. The first-order valence-electron chi connectivity index (χ1n) is 11.3. The van der Waals surface area contributed by atoms with Crippen molar-refractivity contribution in [3.8, 4) is 11.8 Å². The summed E-state index contributed by atoms with van der Waals surface area (Å²) >= 11 is 7.68. The van der Waals surface area contributed by atoms with Crippen LogP contribution in [0.4, 0.5) is 5.69 Å². The minimum absolute atomic E-state index is 0.184. The molecule has 0 N–H and O–H groups in total. The van der Waals surface area contributed by atoms with Gasteiger partial charge in [-0.05, 0) is 72.8 Å². The molecule has 9 heteroatoms. The number of ether oxygens (including phenoxy) is 2. The van der Waals surface area contributed by atoms with Crippen molar-refractivity contribution in [2.75, 3.05) is 13.7 Å². The molecular formula is C28H22ClN3O4S. The zero-order chi connectivity index (χ0) is 26.4. The Bertz CT molecular complexity index is 1440. The summed E-state index contributed by atoms with van der Waals surface area (Å²) in [5.41, 5.74) is 3.10. The average Bonchev–Trinajstić information content (AvgIpc) is 3.16. The third kappa shape index (κ3) is 6.20. The van der Waals surface area contributed by atoms with Gasteiger partial charge in [0.25, 0.3) is 5.91 Å². The van der Waals surface area contributed by atoms with Crippen LogP contribution in [0.2, 0.25) is 5.02 Å². The van der Waals surface area contributed by atoms with Crippen molar-refractivity contribution in [1.29, 1.82) is 5.26 Å². The van der Waals surface area contributed by atoms with E-state index in [-0.39, 0.29) is 12.5 Å². The Hall–Kier alpha value is -4.06. The molecule has 1 fully saturated rings. The van der Waals surface area contributed by atoms with E-state index in [9.17, 15) is 14.9 Å². The molecule has 0 saturated carbocycles. The normalized spacial score (nSPS) is 15.2. The van der Waals surface area contributed by atoms with Crippen molar-refractivity contribution in [3.63, 3.8) is 0 Å². The van der Waals surface area contributed by atoms with Crippen LogP contribution in [0.5, 0.6) is 5.75 Å². The number of hydrogen-bond acceptors (Lipinski definition) is 7. The molecule has 0 bridgehead atoms. The van der Waals surface area contributed by atoms with Crippen molar-refractivity contribution in [1.82, 2.24) is 4.90 Å². The standard InChI is InChI=1S/C28H22ClN3O4S/c1-3-35-27(34)19-9-11-22(12-10-19)31-28-32(2)26(33)25(37-28)15-18-8-13-24(23(29)14-18)36-17-21-7-5-4-6-20(21)16-30/h4-15H,3,17H2,1-2H3/b25-15-,31-28?. The molecule has 7 nitrogen and oxygen atoms in total. The molecule has 0 atom stereocenters. The second-order valence-electron chi connectivity index (χ2n) is 7.88. The Balaban J connectivity index is 1.47. The lowest BCUT2D eigenvalue weighted by Crippen LogP contribution is -2.23. The van der Waals surface area contributed by atoms with Crippen LogP contribution >= 0.6 is 23.4 Å². The van der Waals surface area contributed by atoms with E-state index < -0.39 is 5.97 Å². The Morgan fingerprint density at radius 3 is 2.62 bits per heavy atom. The highest BCUT2D eigenvalue weighted by Gasteiger charge is 2.30. The number of carbonyl (C=O) groups excluding carboxylic acids is 2. The molecule has 1 saturated heterocycles. The number of hydrogen-bond donors (Lipinski definition) is 0. The lowest BCUT2D eigenvalue weighted by atomic mass is 10.1. The maximum atomic E-state index is 12.8. The SMILES string of the molecule is CCOC(=O)c1ccc(N=C2S/C(=C\c3ccc(OCc4ccccc4C#N)c(Cl)c3)C(=O)N2C)cc1. The van der Waals surface area contributed by atoms with Crippen LogP contribution in [-0.2, 0) is 16.1 Å². The number of aliphatic imine (C=N–C) groups is 1. The molecule has 0 aromatic heterocycles. The Kier molecular flexibility index (Phi) is 8.29. The molecular weight excluding hydrogens is 510 g/mol. The van der Waals surface area contributed by atoms with E-state index in [1.54, 1.807) is 68.6 Å². The zero-order valence-corrected chi connectivity index (χ0v) is 21.7. The fourth-order valence-electron chi connectivity index (χ4n) is 3.43. The molecule has 0 aliphatic carbocycles. The first-order chi connectivity index (χ1) is 17.9. The first-order valence-corrected chi connectivity index (χ1v) is 12.5. The van der Waals surface area contributed by atoms with Crippen LogP contribution < -0.4 is 4.74 Å². The van der Waals surface area contributed by atoms with Gasteiger partial charge in [-0.25, -0.2) is 9.79 Å².